The van der Waals surface area contributed by atoms with Crippen LogP contribution in [-0.4, -0.2) is 16.4 Å². The van der Waals surface area contributed by atoms with Crippen LogP contribution in [-0.2, 0) is 0 Å². The van der Waals surface area contributed by atoms with E-state index in [1.165, 1.54) is 37.0 Å². The summed E-state index contributed by atoms with van der Waals surface area (Å²) in [7, 11) is 1.94. The summed E-state index contributed by atoms with van der Waals surface area (Å²) < 4.78 is 2.23. The minimum Gasteiger partial charge on any atom is -0.388 e. The number of hydrogen-bond acceptors (Lipinski definition) is 2. The smallest absolute Gasteiger partial charge is 0.116 e. The quantitative estimate of drug-likeness (QED) is 0.834. The van der Waals surface area contributed by atoms with Crippen LogP contribution in [0.15, 0.2) is 24.5 Å². The van der Waals surface area contributed by atoms with Gasteiger partial charge in [-0.1, -0.05) is 12.8 Å². The molecule has 84 valence electrons. The van der Waals surface area contributed by atoms with Crippen molar-refractivity contribution >= 4 is 11.2 Å². The van der Waals surface area contributed by atoms with Gasteiger partial charge in [0, 0.05) is 24.8 Å². The maximum Gasteiger partial charge on any atom is 0.116 e. The molecule has 1 saturated carbocycles. The minimum absolute atomic E-state index is 0.669. The summed E-state index contributed by atoms with van der Waals surface area (Å²) in [6, 6.07) is 4.25. The number of nitrogens with zero attached hydrogens (tertiary/aromatic N) is 2. The van der Waals surface area contributed by atoms with E-state index in [2.05, 4.69) is 33.0 Å². The molecule has 3 heteroatoms. The van der Waals surface area contributed by atoms with Gasteiger partial charge in [-0.3, -0.25) is 0 Å². The summed E-state index contributed by atoms with van der Waals surface area (Å²) >= 11 is 0. The zero-order chi connectivity index (χ0) is 11.0. The Hall–Kier alpha value is -1.51. The molecule has 0 aromatic carbocycles. The third kappa shape index (κ3) is 1.47. The lowest BCUT2D eigenvalue weighted by atomic mass is 10.1. The predicted molar refractivity (Wildman–Crippen MR) is 65.9 cm³/mol. The molecule has 0 aliphatic heterocycles. The Bertz CT molecular complexity index is 495. The molecule has 0 radical (unpaired) electrons. The van der Waals surface area contributed by atoms with Crippen LogP contribution >= 0.6 is 0 Å². The number of rotatable bonds is 2. The molecule has 1 fully saturated rings. The molecule has 3 nitrogen and oxygen atoms in total. The molecule has 0 spiro atoms. The number of anilines is 1. The molecule has 16 heavy (non-hydrogen) atoms. The highest BCUT2D eigenvalue weighted by atomic mass is 15.0. The van der Waals surface area contributed by atoms with E-state index in [-0.39, 0.29) is 0 Å². The molecule has 1 aliphatic rings. The van der Waals surface area contributed by atoms with E-state index in [1.807, 2.05) is 13.2 Å². The predicted octanol–water partition coefficient (Wildman–Crippen LogP) is 3.03. The highest BCUT2D eigenvalue weighted by molar-refractivity contribution is 5.58. The van der Waals surface area contributed by atoms with Crippen molar-refractivity contribution in [1.82, 2.24) is 9.38 Å². The molecule has 2 heterocycles. The number of aromatic nitrogens is 2. The van der Waals surface area contributed by atoms with Crippen LogP contribution in [0.3, 0.4) is 0 Å². The number of nitrogens with one attached hydrogen (secondary N) is 1. The number of fused-ring (bicyclic) bond motifs is 1. The van der Waals surface area contributed by atoms with Crippen molar-refractivity contribution in [2.24, 2.45) is 0 Å². The molecule has 2 aromatic rings. The maximum absolute atomic E-state index is 4.59. The van der Waals surface area contributed by atoms with Crippen LogP contribution in [0.2, 0.25) is 0 Å². The number of hydrogen-bond donors (Lipinski definition) is 1. The SMILES string of the molecule is CNc1ccn2c(C3CCCC3)ncc2c1. The van der Waals surface area contributed by atoms with Gasteiger partial charge < -0.3 is 9.72 Å². The summed E-state index contributed by atoms with van der Waals surface area (Å²) in [5.74, 6) is 1.91. The first-order valence-corrected chi connectivity index (χ1v) is 6.03. The average Bonchev–Trinajstić information content (AvgIpc) is 2.96. The lowest BCUT2D eigenvalue weighted by Gasteiger charge is -2.08. The van der Waals surface area contributed by atoms with Gasteiger partial charge in [-0.2, -0.15) is 0 Å². The number of imidazole rings is 1. The molecular formula is C13H17N3. The molecule has 0 bridgehead atoms. The van der Waals surface area contributed by atoms with E-state index in [9.17, 15) is 0 Å². The minimum atomic E-state index is 0.669. The fraction of sp³-hybridized carbons (Fsp3) is 0.462. The van der Waals surface area contributed by atoms with Crippen LogP contribution in [0, 0.1) is 0 Å². The molecule has 0 atom stereocenters. The molecule has 1 N–H and O–H groups in total. The van der Waals surface area contributed by atoms with Crippen molar-refractivity contribution < 1.29 is 0 Å². The molecule has 0 amide bonds. The summed E-state index contributed by atoms with van der Waals surface area (Å²) in [6.45, 7) is 0. The van der Waals surface area contributed by atoms with Crippen molar-refractivity contribution in [3.63, 3.8) is 0 Å². The molecule has 0 saturated heterocycles. The van der Waals surface area contributed by atoms with Gasteiger partial charge in [0.05, 0.1) is 11.7 Å². The first-order chi connectivity index (χ1) is 7.88. The van der Waals surface area contributed by atoms with Crippen molar-refractivity contribution in [2.45, 2.75) is 31.6 Å². The monoisotopic (exact) mass is 215 g/mol. The summed E-state index contributed by atoms with van der Waals surface area (Å²) in [5, 5.41) is 3.16. The largest absolute Gasteiger partial charge is 0.388 e. The molecule has 3 rings (SSSR count). The maximum atomic E-state index is 4.59. The third-order valence-electron chi connectivity index (χ3n) is 3.57. The van der Waals surface area contributed by atoms with Gasteiger partial charge in [-0.05, 0) is 25.0 Å². The summed E-state index contributed by atoms with van der Waals surface area (Å²) in [4.78, 5) is 4.59. The Morgan fingerprint density at radius 2 is 2.19 bits per heavy atom. The van der Waals surface area contributed by atoms with Gasteiger partial charge in [0.2, 0.25) is 0 Å². The van der Waals surface area contributed by atoms with Crippen molar-refractivity contribution in [2.75, 3.05) is 12.4 Å². The van der Waals surface area contributed by atoms with Gasteiger partial charge in [0.15, 0.2) is 0 Å². The standard InChI is InChI=1S/C13H17N3/c1-14-11-6-7-16-12(8-11)9-15-13(16)10-4-2-3-5-10/h6-10,14H,2-5H2,1H3. The van der Waals surface area contributed by atoms with Gasteiger partial charge >= 0.3 is 0 Å². The second-order valence-corrected chi connectivity index (χ2v) is 4.56. The van der Waals surface area contributed by atoms with Crippen LogP contribution in [0.4, 0.5) is 5.69 Å². The zero-order valence-corrected chi connectivity index (χ0v) is 9.61. The van der Waals surface area contributed by atoms with Crippen molar-refractivity contribution in [1.29, 1.82) is 0 Å². The lowest BCUT2D eigenvalue weighted by molar-refractivity contribution is 0.665. The zero-order valence-electron chi connectivity index (χ0n) is 9.61. The van der Waals surface area contributed by atoms with Crippen LogP contribution < -0.4 is 5.32 Å². The van der Waals surface area contributed by atoms with E-state index < -0.39 is 0 Å². The van der Waals surface area contributed by atoms with Crippen LogP contribution in [0.1, 0.15) is 37.4 Å². The summed E-state index contributed by atoms with van der Waals surface area (Å²) in [5.41, 5.74) is 2.33. The van der Waals surface area contributed by atoms with E-state index in [0.29, 0.717) is 5.92 Å². The van der Waals surface area contributed by atoms with E-state index >= 15 is 0 Å². The topological polar surface area (TPSA) is 29.3 Å². The molecule has 1 aliphatic carbocycles. The molecule has 0 unspecified atom stereocenters. The highest BCUT2D eigenvalue weighted by Crippen LogP contribution is 2.33. The van der Waals surface area contributed by atoms with Gasteiger partial charge in [-0.15, -0.1) is 0 Å². The summed E-state index contributed by atoms with van der Waals surface area (Å²) in [6.07, 6.45) is 9.42. The Kier molecular flexibility index (Phi) is 2.31. The second kappa shape index (κ2) is 3.81. The Morgan fingerprint density at radius 1 is 1.38 bits per heavy atom. The third-order valence-corrected chi connectivity index (χ3v) is 3.57. The first kappa shape index (κ1) is 9.70. The van der Waals surface area contributed by atoms with Gasteiger partial charge in [-0.25, -0.2) is 4.98 Å². The molecular weight excluding hydrogens is 198 g/mol. The Labute approximate surface area is 95.5 Å². The number of pyridine rings is 1. The Morgan fingerprint density at radius 3 is 2.94 bits per heavy atom. The van der Waals surface area contributed by atoms with E-state index in [1.54, 1.807) is 0 Å². The fourth-order valence-corrected chi connectivity index (χ4v) is 2.66. The van der Waals surface area contributed by atoms with E-state index in [0.717, 1.165) is 5.69 Å². The van der Waals surface area contributed by atoms with Crippen molar-refractivity contribution in [3.05, 3.63) is 30.4 Å². The second-order valence-electron chi connectivity index (χ2n) is 4.56. The van der Waals surface area contributed by atoms with Gasteiger partial charge in [0.25, 0.3) is 0 Å². The lowest BCUT2D eigenvalue weighted by Crippen LogP contribution is -2.00. The van der Waals surface area contributed by atoms with E-state index in [4.69, 9.17) is 0 Å². The molecule has 2 aromatic heterocycles. The highest BCUT2D eigenvalue weighted by Gasteiger charge is 2.21. The van der Waals surface area contributed by atoms with Gasteiger partial charge in [0.1, 0.15) is 5.82 Å². The van der Waals surface area contributed by atoms with Crippen LogP contribution in [0.5, 0.6) is 0 Å². The fourth-order valence-electron chi connectivity index (χ4n) is 2.66. The normalized spacial score (nSPS) is 17.1. The first-order valence-electron chi connectivity index (χ1n) is 6.03. The average molecular weight is 215 g/mol. The Balaban J connectivity index is 2.06. The van der Waals surface area contributed by atoms with Crippen LogP contribution in [0.25, 0.3) is 5.52 Å². The van der Waals surface area contributed by atoms with Crippen molar-refractivity contribution in [3.8, 4) is 0 Å².